The SMILES string of the molecule is O=C(NCc1ccco1)[C@H]1CCCN(C2CCN(Cc3cccnc3)CC2)C1. The first-order valence-electron chi connectivity index (χ1n) is 10.4. The van der Waals surface area contributed by atoms with E-state index in [-0.39, 0.29) is 11.8 Å². The standard InChI is InChI=1S/C22H30N4O2/c27-22(24-15-21-6-3-13-28-21)19-5-2-10-26(17-19)20-7-11-25(12-8-20)16-18-4-1-9-23-14-18/h1,3-4,6,9,13-14,19-20H,2,5,7-8,10-12,15-17H2,(H,24,27)/t19-/m0/s1. The van der Waals surface area contributed by atoms with Crippen LogP contribution in [-0.2, 0) is 17.9 Å². The van der Waals surface area contributed by atoms with Gasteiger partial charge in [-0.1, -0.05) is 6.07 Å². The van der Waals surface area contributed by atoms with Crippen molar-refractivity contribution in [3.63, 3.8) is 0 Å². The van der Waals surface area contributed by atoms with Gasteiger partial charge in [-0.3, -0.25) is 19.6 Å². The molecular formula is C22H30N4O2. The van der Waals surface area contributed by atoms with Crippen LogP contribution in [0.3, 0.4) is 0 Å². The Hall–Kier alpha value is -2.18. The molecule has 2 saturated heterocycles. The molecule has 0 unspecified atom stereocenters. The number of rotatable bonds is 6. The van der Waals surface area contributed by atoms with Crippen molar-refractivity contribution in [3.05, 3.63) is 54.2 Å². The second-order valence-electron chi connectivity index (χ2n) is 8.00. The number of carbonyl (C=O) groups is 1. The predicted octanol–water partition coefficient (Wildman–Crippen LogP) is 2.67. The first-order valence-corrected chi connectivity index (χ1v) is 10.4. The molecule has 2 aromatic rings. The first kappa shape index (κ1) is 19.2. The number of aromatic nitrogens is 1. The third-order valence-corrected chi connectivity index (χ3v) is 6.04. The van der Waals surface area contributed by atoms with Crippen LogP contribution in [0.15, 0.2) is 47.3 Å². The second kappa shape index (κ2) is 9.34. The lowest BCUT2D eigenvalue weighted by Gasteiger charge is -2.42. The summed E-state index contributed by atoms with van der Waals surface area (Å²) in [5, 5.41) is 3.04. The highest BCUT2D eigenvalue weighted by Gasteiger charge is 2.31. The van der Waals surface area contributed by atoms with E-state index < -0.39 is 0 Å². The number of nitrogens with zero attached hydrogens (tertiary/aromatic N) is 3. The van der Waals surface area contributed by atoms with E-state index in [0.717, 1.165) is 51.3 Å². The van der Waals surface area contributed by atoms with E-state index in [0.29, 0.717) is 12.6 Å². The fourth-order valence-corrected chi connectivity index (χ4v) is 4.48. The maximum atomic E-state index is 12.6. The van der Waals surface area contributed by atoms with E-state index in [1.54, 1.807) is 6.26 Å². The lowest BCUT2D eigenvalue weighted by atomic mass is 9.93. The fraction of sp³-hybridized carbons (Fsp3) is 0.545. The molecule has 1 atom stereocenters. The monoisotopic (exact) mass is 382 g/mol. The van der Waals surface area contributed by atoms with Crippen LogP contribution in [0.5, 0.6) is 0 Å². The van der Waals surface area contributed by atoms with Crippen LogP contribution in [0.1, 0.15) is 37.0 Å². The highest BCUT2D eigenvalue weighted by Crippen LogP contribution is 2.24. The van der Waals surface area contributed by atoms with Crippen LogP contribution < -0.4 is 5.32 Å². The predicted molar refractivity (Wildman–Crippen MR) is 107 cm³/mol. The van der Waals surface area contributed by atoms with Gasteiger partial charge in [0, 0.05) is 31.5 Å². The number of piperidine rings is 2. The van der Waals surface area contributed by atoms with E-state index in [1.807, 2.05) is 30.6 Å². The minimum absolute atomic E-state index is 0.0946. The number of pyridine rings is 1. The van der Waals surface area contributed by atoms with E-state index >= 15 is 0 Å². The van der Waals surface area contributed by atoms with Crippen molar-refractivity contribution in [1.29, 1.82) is 0 Å². The molecule has 6 heteroatoms. The molecule has 28 heavy (non-hydrogen) atoms. The van der Waals surface area contributed by atoms with Crippen LogP contribution in [0.2, 0.25) is 0 Å². The molecule has 2 fully saturated rings. The van der Waals surface area contributed by atoms with Gasteiger partial charge in [-0.05, 0) is 69.1 Å². The third kappa shape index (κ3) is 5.00. The number of hydrogen-bond acceptors (Lipinski definition) is 5. The molecular weight excluding hydrogens is 352 g/mol. The van der Waals surface area contributed by atoms with Crippen molar-refractivity contribution in [3.8, 4) is 0 Å². The Kier molecular flexibility index (Phi) is 6.39. The van der Waals surface area contributed by atoms with Crippen molar-refractivity contribution >= 4 is 5.91 Å². The molecule has 1 amide bonds. The van der Waals surface area contributed by atoms with Crippen molar-refractivity contribution in [2.75, 3.05) is 26.2 Å². The highest BCUT2D eigenvalue weighted by molar-refractivity contribution is 5.78. The zero-order valence-electron chi connectivity index (χ0n) is 16.4. The van der Waals surface area contributed by atoms with Gasteiger partial charge in [-0.25, -0.2) is 0 Å². The van der Waals surface area contributed by atoms with Crippen LogP contribution in [0.25, 0.3) is 0 Å². The lowest BCUT2D eigenvalue weighted by molar-refractivity contribution is -0.127. The summed E-state index contributed by atoms with van der Waals surface area (Å²) in [6.45, 7) is 5.71. The summed E-state index contributed by atoms with van der Waals surface area (Å²) < 4.78 is 5.31. The molecule has 2 aliphatic rings. The number of carbonyl (C=O) groups excluding carboxylic acids is 1. The molecule has 0 saturated carbocycles. The average Bonchev–Trinajstić information content (AvgIpc) is 3.27. The van der Waals surface area contributed by atoms with Crippen molar-refractivity contribution in [2.24, 2.45) is 5.92 Å². The van der Waals surface area contributed by atoms with Gasteiger partial charge in [0.05, 0.1) is 18.7 Å². The average molecular weight is 383 g/mol. The van der Waals surface area contributed by atoms with Crippen molar-refractivity contribution in [2.45, 2.75) is 44.8 Å². The summed E-state index contributed by atoms with van der Waals surface area (Å²) in [6.07, 6.45) is 9.89. The van der Waals surface area contributed by atoms with Crippen LogP contribution in [-0.4, -0.2) is 52.9 Å². The Labute approximate surface area is 166 Å². The zero-order chi connectivity index (χ0) is 19.2. The summed E-state index contributed by atoms with van der Waals surface area (Å²) in [4.78, 5) is 21.9. The molecule has 4 heterocycles. The van der Waals surface area contributed by atoms with Gasteiger partial charge >= 0.3 is 0 Å². The van der Waals surface area contributed by atoms with Gasteiger partial charge in [0.2, 0.25) is 5.91 Å². The summed E-state index contributed by atoms with van der Waals surface area (Å²) in [6, 6.07) is 8.51. The van der Waals surface area contributed by atoms with Gasteiger partial charge in [0.15, 0.2) is 0 Å². The summed E-state index contributed by atoms with van der Waals surface area (Å²) in [7, 11) is 0. The minimum Gasteiger partial charge on any atom is -0.467 e. The first-order chi connectivity index (χ1) is 13.8. The van der Waals surface area contributed by atoms with Crippen LogP contribution >= 0.6 is 0 Å². The van der Waals surface area contributed by atoms with Gasteiger partial charge in [-0.2, -0.15) is 0 Å². The fourth-order valence-electron chi connectivity index (χ4n) is 4.48. The molecule has 0 bridgehead atoms. The number of amides is 1. The molecule has 2 aliphatic heterocycles. The number of nitrogens with one attached hydrogen (secondary N) is 1. The van der Waals surface area contributed by atoms with Gasteiger partial charge < -0.3 is 9.73 Å². The van der Waals surface area contributed by atoms with Crippen molar-refractivity contribution < 1.29 is 9.21 Å². The Bertz CT molecular complexity index is 726. The topological polar surface area (TPSA) is 61.6 Å². The van der Waals surface area contributed by atoms with Gasteiger partial charge in [0.1, 0.15) is 5.76 Å². The number of likely N-dealkylation sites (tertiary alicyclic amines) is 2. The maximum Gasteiger partial charge on any atom is 0.224 e. The van der Waals surface area contributed by atoms with Crippen molar-refractivity contribution in [1.82, 2.24) is 20.1 Å². The smallest absolute Gasteiger partial charge is 0.224 e. The molecule has 0 aliphatic carbocycles. The Morgan fingerprint density at radius 2 is 2.07 bits per heavy atom. The quantitative estimate of drug-likeness (QED) is 0.832. The summed E-state index contributed by atoms with van der Waals surface area (Å²) >= 11 is 0. The maximum absolute atomic E-state index is 12.6. The molecule has 0 aromatic carbocycles. The Morgan fingerprint density at radius 1 is 1.18 bits per heavy atom. The van der Waals surface area contributed by atoms with Gasteiger partial charge in [-0.15, -0.1) is 0 Å². The summed E-state index contributed by atoms with van der Waals surface area (Å²) in [5.41, 5.74) is 1.28. The minimum atomic E-state index is 0.0946. The molecule has 0 radical (unpaired) electrons. The number of furan rings is 1. The highest BCUT2D eigenvalue weighted by atomic mass is 16.3. The van der Waals surface area contributed by atoms with Gasteiger partial charge in [0.25, 0.3) is 0 Å². The normalized spacial score (nSPS) is 22.2. The molecule has 6 nitrogen and oxygen atoms in total. The van der Waals surface area contributed by atoms with E-state index in [1.165, 1.54) is 18.4 Å². The summed E-state index contributed by atoms with van der Waals surface area (Å²) in [5.74, 6) is 1.06. The largest absolute Gasteiger partial charge is 0.467 e. The molecule has 1 N–H and O–H groups in total. The van der Waals surface area contributed by atoms with E-state index in [9.17, 15) is 4.79 Å². The molecule has 2 aromatic heterocycles. The number of hydrogen-bond donors (Lipinski definition) is 1. The van der Waals surface area contributed by atoms with E-state index in [2.05, 4.69) is 26.2 Å². The lowest BCUT2D eigenvalue weighted by Crippen LogP contribution is -2.50. The zero-order valence-corrected chi connectivity index (χ0v) is 16.4. The second-order valence-corrected chi connectivity index (χ2v) is 8.00. The third-order valence-electron chi connectivity index (χ3n) is 6.04. The molecule has 150 valence electrons. The molecule has 4 rings (SSSR count). The van der Waals surface area contributed by atoms with Crippen LogP contribution in [0.4, 0.5) is 0 Å². The Balaban J connectivity index is 1.23. The van der Waals surface area contributed by atoms with E-state index in [4.69, 9.17) is 4.42 Å². The van der Waals surface area contributed by atoms with Crippen LogP contribution in [0, 0.1) is 5.92 Å². The molecule has 0 spiro atoms. The Morgan fingerprint density at radius 3 is 2.82 bits per heavy atom.